The number of fused-ring (bicyclic) bond motifs is 2. The molecule has 0 unspecified atom stereocenters. The Labute approximate surface area is 164 Å². The second kappa shape index (κ2) is 8.41. The van der Waals surface area contributed by atoms with Crippen LogP contribution in [-0.2, 0) is 32.2 Å². The molecule has 1 N–H and O–H groups in total. The molecule has 4 atom stereocenters. The van der Waals surface area contributed by atoms with Gasteiger partial charge >= 0.3 is 0 Å². The number of oxime groups is 1. The van der Waals surface area contributed by atoms with Gasteiger partial charge in [0.25, 0.3) is 0 Å². The molecule has 0 amide bonds. The molecule has 2 bridgehead atoms. The van der Waals surface area contributed by atoms with E-state index < -0.39 is 11.9 Å². The third-order valence-corrected chi connectivity index (χ3v) is 5.44. The van der Waals surface area contributed by atoms with Crippen LogP contribution in [0.15, 0.2) is 65.8 Å². The van der Waals surface area contributed by atoms with Crippen molar-refractivity contribution in [1.82, 2.24) is 0 Å². The molecule has 148 valence electrons. The number of nitrogens with zero attached hydrogens (tertiary/aromatic N) is 1. The Morgan fingerprint density at radius 1 is 1.04 bits per heavy atom. The van der Waals surface area contributed by atoms with E-state index in [4.69, 9.17) is 18.9 Å². The van der Waals surface area contributed by atoms with Gasteiger partial charge in [0.2, 0.25) is 0 Å². The lowest BCUT2D eigenvalue weighted by molar-refractivity contribution is -0.195. The van der Waals surface area contributed by atoms with Crippen LogP contribution in [0.25, 0.3) is 0 Å². The summed E-state index contributed by atoms with van der Waals surface area (Å²) in [6.45, 7) is 1.25. The first-order chi connectivity index (χ1) is 13.8. The normalized spacial score (nSPS) is 30.2. The SMILES string of the molecule is CO[C@@H]1O[C@@]2(COCc3ccccc3)C/C(=N/O)[C@@H]1[C@@H]2OCc1ccccc1. The summed E-state index contributed by atoms with van der Waals surface area (Å²) in [5.41, 5.74) is 2.08. The first-order valence-electron chi connectivity index (χ1n) is 9.44. The maximum Gasteiger partial charge on any atom is 0.168 e. The maximum absolute atomic E-state index is 9.50. The molecule has 0 radical (unpaired) electrons. The smallest absolute Gasteiger partial charge is 0.168 e. The molecule has 0 spiro atoms. The van der Waals surface area contributed by atoms with Crippen molar-refractivity contribution in [1.29, 1.82) is 0 Å². The van der Waals surface area contributed by atoms with E-state index in [1.54, 1.807) is 7.11 Å². The molecular weight excluding hydrogens is 358 g/mol. The molecule has 2 aromatic carbocycles. The summed E-state index contributed by atoms with van der Waals surface area (Å²) >= 11 is 0. The molecule has 0 aromatic heterocycles. The second-order valence-corrected chi connectivity index (χ2v) is 7.28. The van der Waals surface area contributed by atoms with E-state index in [9.17, 15) is 5.21 Å². The molecule has 2 fully saturated rings. The van der Waals surface area contributed by atoms with Gasteiger partial charge in [-0.3, -0.25) is 0 Å². The molecule has 1 heterocycles. The average Bonchev–Trinajstić information content (AvgIpc) is 3.22. The Morgan fingerprint density at radius 2 is 1.68 bits per heavy atom. The van der Waals surface area contributed by atoms with Crippen LogP contribution in [0.3, 0.4) is 0 Å². The zero-order chi connectivity index (χ0) is 19.4. The minimum absolute atomic E-state index is 0.251. The molecular formula is C22H25NO5. The molecule has 2 aromatic rings. The van der Waals surface area contributed by atoms with Crippen molar-refractivity contribution in [3.63, 3.8) is 0 Å². The van der Waals surface area contributed by atoms with Crippen molar-refractivity contribution in [3.8, 4) is 0 Å². The second-order valence-electron chi connectivity index (χ2n) is 7.28. The minimum atomic E-state index is -0.726. The summed E-state index contributed by atoms with van der Waals surface area (Å²) in [7, 11) is 1.59. The quantitative estimate of drug-likeness (QED) is 0.559. The van der Waals surface area contributed by atoms with Crippen molar-refractivity contribution >= 4 is 5.71 Å². The lowest BCUT2D eigenvalue weighted by Gasteiger charge is -2.31. The van der Waals surface area contributed by atoms with Gasteiger partial charge in [-0.05, 0) is 11.1 Å². The number of ether oxygens (including phenoxy) is 4. The predicted octanol–water partition coefficient (Wildman–Crippen LogP) is 3.38. The molecule has 1 aliphatic carbocycles. The summed E-state index contributed by atoms with van der Waals surface area (Å²) in [4.78, 5) is 0. The summed E-state index contributed by atoms with van der Waals surface area (Å²) in [6.07, 6.45) is -0.359. The van der Waals surface area contributed by atoms with Crippen molar-refractivity contribution < 1.29 is 24.2 Å². The number of methoxy groups -OCH3 is 1. The molecule has 28 heavy (non-hydrogen) atoms. The van der Waals surface area contributed by atoms with Gasteiger partial charge in [-0.1, -0.05) is 65.8 Å². The van der Waals surface area contributed by atoms with Gasteiger partial charge in [-0.2, -0.15) is 0 Å². The summed E-state index contributed by atoms with van der Waals surface area (Å²) < 4.78 is 24.0. The van der Waals surface area contributed by atoms with Gasteiger partial charge in [-0.15, -0.1) is 0 Å². The van der Waals surface area contributed by atoms with Gasteiger partial charge in [-0.25, -0.2) is 0 Å². The number of hydrogen-bond acceptors (Lipinski definition) is 6. The largest absolute Gasteiger partial charge is 0.411 e. The Bertz CT molecular complexity index is 797. The van der Waals surface area contributed by atoms with Gasteiger partial charge in [0.15, 0.2) is 6.29 Å². The number of benzene rings is 2. The minimum Gasteiger partial charge on any atom is -0.411 e. The van der Waals surface area contributed by atoms with Gasteiger partial charge in [0.05, 0.1) is 31.5 Å². The van der Waals surface area contributed by atoms with Gasteiger partial charge < -0.3 is 24.2 Å². The summed E-state index contributed by atoms with van der Waals surface area (Å²) in [5.74, 6) is -0.251. The van der Waals surface area contributed by atoms with E-state index in [2.05, 4.69) is 5.16 Å². The fourth-order valence-corrected chi connectivity index (χ4v) is 4.14. The highest BCUT2D eigenvalue weighted by Gasteiger charge is 2.64. The van der Waals surface area contributed by atoms with Crippen LogP contribution >= 0.6 is 0 Å². The Hall–Kier alpha value is -2.25. The summed E-state index contributed by atoms with van der Waals surface area (Å²) in [6, 6.07) is 20.0. The van der Waals surface area contributed by atoms with Gasteiger partial charge in [0, 0.05) is 13.5 Å². The van der Waals surface area contributed by atoms with E-state index in [1.807, 2.05) is 60.7 Å². The first kappa shape index (κ1) is 19.1. The fourth-order valence-electron chi connectivity index (χ4n) is 4.14. The van der Waals surface area contributed by atoms with E-state index in [0.717, 1.165) is 11.1 Å². The van der Waals surface area contributed by atoms with E-state index in [-0.39, 0.29) is 12.0 Å². The van der Waals surface area contributed by atoms with E-state index in [0.29, 0.717) is 32.0 Å². The van der Waals surface area contributed by atoms with Crippen molar-refractivity contribution in [2.75, 3.05) is 13.7 Å². The van der Waals surface area contributed by atoms with Crippen LogP contribution in [0.1, 0.15) is 17.5 Å². The zero-order valence-electron chi connectivity index (χ0n) is 15.9. The lowest BCUT2D eigenvalue weighted by atomic mass is 10.00. The molecule has 6 nitrogen and oxygen atoms in total. The predicted molar refractivity (Wildman–Crippen MR) is 103 cm³/mol. The Kier molecular flexibility index (Phi) is 5.73. The molecule has 1 saturated heterocycles. The standard InChI is InChI=1S/C22H25NO5/c1-25-21-19-18(23-24)12-22(28-21,15-26-13-16-8-4-2-5-9-16)20(19)27-14-17-10-6-3-7-11-17/h2-11,19-21,24H,12-15H2,1H3/b23-18-/t19-,20+,21-,22-/m1/s1. The van der Waals surface area contributed by atoms with Crippen LogP contribution in [0, 0.1) is 5.92 Å². The highest BCUT2D eigenvalue weighted by molar-refractivity contribution is 5.92. The van der Waals surface area contributed by atoms with Crippen LogP contribution in [0.4, 0.5) is 0 Å². The third-order valence-electron chi connectivity index (χ3n) is 5.44. The van der Waals surface area contributed by atoms with Crippen LogP contribution in [-0.4, -0.2) is 42.6 Å². The van der Waals surface area contributed by atoms with Crippen LogP contribution < -0.4 is 0 Å². The summed E-state index contributed by atoms with van der Waals surface area (Å²) in [5, 5.41) is 13.0. The lowest BCUT2D eigenvalue weighted by Crippen LogP contribution is -2.44. The van der Waals surface area contributed by atoms with E-state index >= 15 is 0 Å². The van der Waals surface area contributed by atoms with Gasteiger partial charge in [0.1, 0.15) is 11.7 Å². The molecule has 6 heteroatoms. The average molecular weight is 383 g/mol. The zero-order valence-corrected chi connectivity index (χ0v) is 15.9. The highest BCUT2D eigenvalue weighted by Crippen LogP contribution is 2.49. The van der Waals surface area contributed by atoms with E-state index in [1.165, 1.54) is 0 Å². The van der Waals surface area contributed by atoms with Crippen molar-refractivity contribution in [2.24, 2.45) is 11.1 Å². The maximum atomic E-state index is 9.50. The Morgan fingerprint density at radius 3 is 2.29 bits per heavy atom. The third kappa shape index (κ3) is 3.69. The highest BCUT2D eigenvalue weighted by atomic mass is 16.7. The number of hydrogen-bond donors (Lipinski definition) is 1. The molecule has 2 aliphatic rings. The molecule has 1 saturated carbocycles. The first-order valence-corrected chi connectivity index (χ1v) is 9.44. The van der Waals surface area contributed by atoms with Crippen LogP contribution in [0.2, 0.25) is 0 Å². The van der Waals surface area contributed by atoms with Crippen molar-refractivity contribution in [3.05, 3.63) is 71.8 Å². The van der Waals surface area contributed by atoms with Crippen molar-refractivity contribution in [2.45, 2.75) is 37.6 Å². The molecule has 1 aliphatic heterocycles. The fraction of sp³-hybridized carbons (Fsp3) is 0.409. The molecule has 4 rings (SSSR count). The topological polar surface area (TPSA) is 69.5 Å². The Balaban J connectivity index is 1.49. The monoisotopic (exact) mass is 383 g/mol. The van der Waals surface area contributed by atoms with Crippen LogP contribution in [0.5, 0.6) is 0 Å². The number of rotatable bonds is 8.